The smallest absolute Gasteiger partial charge is 0.253 e. The molecule has 0 bridgehead atoms. The third kappa shape index (κ3) is 3.28. The minimum Gasteiger partial charge on any atom is -0.390 e. The van der Waals surface area contributed by atoms with Crippen LogP contribution in [0, 0.1) is 25.7 Å². The number of fused-ring (bicyclic) bond motifs is 1. The van der Waals surface area contributed by atoms with E-state index in [-0.39, 0.29) is 16.7 Å². The molecule has 1 aliphatic heterocycles. The van der Waals surface area contributed by atoms with Crippen molar-refractivity contribution < 1.29 is 18.3 Å². The molecule has 7 heteroatoms. The minimum atomic E-state index is -3.89. The van der Waals surface area contributed by atoms with E-state index in [1.165, 1.54) is 6.07 Å². The van der Waals surface area contributed by atoms with Crippen LogP contribution in [0.25, 0.3) is 0 Å². The fraction of sp³-hybridized carbons (Fsp3) is 0.632. The summed E-state index contributed by atoms with van der Waals surface area (Å²) in [5.74, 6) is 0.210. The molecule has 3 atom stereocenters. The number of amides is 1. The number of benzene rings is 1. The van der Waals surface area contributed by atoms with Crippen molar-refractivity contribution in [3.63, 3.8) is 0 Å². The monoisotopic (exact) mass is 380 g/mol. The Hall–Kier alpha value is -1.44. The van der Waals surface area contributed by atoms with Gasteiger partial charge in [-0.2, -0.15) is 0 Å². The van der Waals surface area contributed by atoms with E-state index in [0.29, 0.717) is 36.6 Å². The van der Waals surface area contributed by atoms with Gasteiger partial charge in [0.05, 0.1) is 10.5 Å². The molecule has 3 rings (SSSR count). The summed E-state index contributed by atoms with van der Waals surface area (Å²) >= 11 is 0. The van der Waals surface area contributed by atoms with Gasteiger partial charge in [-0.05, 0) is 62.3 Å². The molecule has 1 amide bonds. The molecule has 1 saturated carbocycles. The van der Waals surface area contributed by atoms with Gasteiger partial charge >= 0.3 is 0 Å². The van der Waals surface area contributed by atoms with E-state index in [1.807, 2.05) is 6.92 Å². The van der Waals surface area contributed by atoms with Crippen molar-refractivity contribution in [3.05, 3.63) is 28.8 Å². The van der Waals surface area contributed by atoms with Gasteiger partial charge in [0.2, 0.25) is 10.0 Å². The number of carbonyl (C=O) groups is 1. The summed E-state index contributed by atoms with van der Waals surface area (Å²) < 4.78 is 23.7. The predicted molar refractivity (Wildman–Crippen MR) is 99.3 cm³/mol. The van der Waals surface area contributed by atoms with E-state index in [1.54, 1.807) is 24.8 Å². The van der Waals surface area contributed by atoms with Gasteiger partial charge in [-0.25, -0.2) is 13.6 Å². The number of aliphatic hydroxyl groups is 1. The molecule has 0 spiro atoms. The first-order valence-electron chi connectivity index (χ1n) is 9.22. The van der Waals surface area contributed by atoms with E-state index in [2.05, 4.69) is 0 Å². The van der Waals surface area contributed by atoms with Crippen molar-refractivity contribution in [2.45, 2.75) is 57.0 Å². The van der Waals surface area contributed by atoms with Crippen LogP contribution >= 0.6 is 0 Å². The summed E-state index contributed by atoms with van der Waals surface area (Å²) in [6, 6.07) is 3.11. The van der Waals surface area contributed by atoms with E-state index < -0.39 is 15.6 Å². The maximum absolute atomic E-state index is 13.0. The van der Waals surface area contributed by atoms with Crippen molar-refractivity contribution >= 4 is 15.9 Å². The van der Waals surface area contributed by atoms with Gasteiger partial charge in [-0.3, -0.25) is 4.79 Å². The molecular weight excluding hydrogens is 352 g/mol. The molecule has 1 aromatic carbocycles. The zero-order chi connectivity index (χ0) is 19.3. The molecule has 0 radical (unpaired) electrons. The second kappa shape index (κ2) is 6.62. The fourth-order valence-electron chi connectivity index (χ4n) is 4.66. The molecule has 0 aromatic heterocycles. The van der Waals surface area contributed by atoms with Crippen LogP contribution in [0.3, 0.4) is 0 Å². The van der Waals surface area contributed by atoms with Crippen LogP contribution in [0.15, 0.2) is 17.0 Å². The number of nitrogens with zero attached hydrogens (tertiary/aromatic N) is 1. The Morgan fingerprint density at radius 3 is 2.65 bits per heavy atom. The van der Waals surface area contributed by atoms with E-state index in [4.69, 9.17) is 5.14 Å². The molecule has 144 valence electrons. The normalized spacial score (nSPS) is 28.9. The van der Waals surface area contributed by atoms with Crippen LogP contribution in [0.1, 0.15) is 54.1 Å². The van der Waals surface area contributed by atoms with Crippen molar-refractivity contribution in [2.75, 3.05) is 13.1 Å². The van der Waals surface area contributed by atoms with Crippen molar-refractivity contribution in [1.82, 2.24) is 4.90 Å². The fourth-order valence-corrected chi connectivity index (χ4v) is 5.54. The van der Waals surface area contributed by atoms with Crippen LogP contribution in [0.2, 0.25) is 0 Å². The SMILES string of the molecule is CC[C@@]1(O)CCC[C@@H]2CN(C(=O)c3cc(C)c(C)c(S(N)(=O)=O)c3)C[C@@H]21. The second-order valence-electron chi connectivity index (χ2n) is 7.89. The third-order valence-corrected chi connectivity index (χ3v) is 7.43. The van der Waals surface area contributed by atoms with E-state index in [9.17, 15) is 18.3 Å². The Balaban J connectivity index is 1.91. The molecule has 26 heavy (non-hydrogen) atoms. The standard InChI is InChI=1S/C19H28N2O4S/c1-4-19(23)7-5-6-14-10-21(11-16(14)19)18(22)15-8-12(2)13(3)17(9-15)26(20,24)25/h8-9,14,16,23H,4-7,10-11H2,1-3H3,(H2,20,24,25)/t14-,16+,19-/m1/s1. The molecule has 2 aliphatic rings. The number of primary sulfonamides is 1. The number of nitrogens with two attached hydrogens (primary N) is 1. The maximum Gasteiger partial charge on any atom is 0.253 e. The predicted octanol–water partition coefficient (Wildman–Crippen LogP) is 1.96. The molecule has 1 aliphatic carbocycles. The minimum absolute atomic E-state index is 0.00234. The topological polar surface area (TPSA) is 101 Å². The average Bonchev–Trinajstić information content (AvgIpc) is 3.01. The molecule has 0 unspecified atom stereocenters. The summed E-state index contributed by atoms with van der Waals surface area (Å²) in [6.45, 7) is 6.60. The highest BCUT2D eigenvalue weighted by molar-refractivity contribution is 7.89. The molecule has 3 N–H and O–H groups in total. The van der Waals surface area contributed by atoms with Crippen LogP contribution < -0.4 is 5.14 Å². The molecule has 6 nitrogen and oxygen atoms in total. The Morgan fingerprint density at radius 2 is 2.04 bits per heavy atom. The highest BCUT2D eigenvalue weighted by atomic mass is 32.2. The zero-order valence-corrected chi connectivity index (χ0v) is 16.5. The number of sulfonamides is 1. The van der Waals surface area contributed by atoms with E-state index >= 15 is 0 Å². The Labute approximate surface area is 155 Å². The van der Waals surface area contributed by atoms with Gasteiger partial charge in [0.1, 0.15) is 0 Å². The lowest BCUT2D eigenvalue weighted by molar-refractivity contribution is -0.0609. The molecule has 1 aromatic rings. The number of hydrogen-bond acceptors (Lipinski definition) is 4. The lowest BCUT2D eigenvalue weighted by atomic mass is 9.69. The highest BCUT2D eigenvalue weighted by Crippen LogP contribution is 2.44. The Bertz CT molecular complexity index is 836. The number of carbonyl (C=O) groups excluding carboxylic acids is 1. The molecular formula is C19H28N2O4S. The van der Waals surface area contributed by atoms with Gasteiger partial charge in [-0.1, -0.05) is 13.3 Å². The molecule has 1 saturated heterocycles. The highest BCUT2D eigenvalue weighted by Gasteiger charge is 2.48. The largest absolute Gasteiger partial charge is 0.390 e. The van der Waals surface area contributed by atoms with Crippen molar-refractivity contribution in [1.29, 1.82) is 0 Å². The summed E-state index contributed by atoms with van der Waals surface area (Å²) in [5, 5.41) is 16.2. The summed E-state index contributed by atoms with van der Waals surface area (Å²) in [7, 11) is -3.89. The maximum atomic E-state index is 13.0. The first-order chi connectivity index (χ1) is 12.1. The number of aryl methyl sites for hydroxylation is 1. The lowest BCUT2D eigenvalue weighted by Crippen LogP contribution is -2.44. The lowest BCUT2D eigenvalue weighted by Gasteiger charge is -2.40. The van der Waals surface area contributed by atoms with Gasteiger partial charge in [-0.15, -0.1) is 0 Å². The Kier molecular flexibility index (Phi) is 4.92. The van der Waals surface area contributed by atoms with Crippen molar-refractivity contribution in [2.24, 2.45) is 17.0 Å². The van der Waals surface area contributed by atoms with Gasteiger partial charge in [0.15, 0.2) is 0 Å². The summed E-state index contributed by atoms with van der Waals surface area (Å²) in [5.41, 5.74) is 0.934. The number of hydrogen-bond donors (Lipinski definition) is 2. The summed E-state index contributed by atoms with van der Waals surface area (Å²) in [4.78, 5) is 14.8. The Morgan fingerprint density at radius 1 is 1.35 bits per heavy atom. The van der Waals surface area contributed by atoms with Crippen LogP contribution in [-0.2, 0) is 10.0 Å². The third-order valence-electron chi connectivity index (χ3n) is 6.39. The van der Waals surface area contributed by atoms with Crippen LogP contribution in [0.4, 0.5) is 0 Å². The van der Waals surface area contributed by atoms with Gasteiger partial charge < -0.3 is 10.0 Å². The zero-order valence-electron chi connectivity index (χ0n) is 15.7. The van der Waals surface area contributed by atoms with Crippen LogP contribution in [-0.4, -0.2) is 43.0 Å². The molecule has 1 heterocycles. The first-order valence-corrected chi connectivity index (χ1v) is 10.8. The molecule has 2 fully saturated rings. The van der Waals surface area contributed by atoms with E-state index in [0.717, 1.165) is 24.8 Å². The van der Waals surface area contributed by atoms with Crippen molar-refractivity contribution in [3.8, 4) is 0 Å². The number of likely N-dealkylation sites (tertiary alicyclic amines) is 1. The first kappa shape index (κ1) is 19.3. The van der Waals surface area contributed by atoms with Gasteiger partial charge in [0.25, 0.3) is 5.91 Å². The summed E-state index contributed by atoms with van der Waals surface area (Å²) in [6.07, 6.45) is 3.47. The van der Waals surface area contributed by atoms with Crippen LogP contribution in [0.5, 0.6) is 0 Å². The average molecular weight is 381 g/mol. The van der Waals surface area contributed by atoms with Gasteiger partial charge in [0, 0.05) is 24.6 Å². The second-order valence-corrected chi connectivity index (χ2v) is 9.42. The number of rotatable bonds is 3. The quantitative estimate of drug-likeness (QED) is 0.837.